The number of benzene rings is 2. The second-order valence-corrected chi connectivity index (χ2v) is 8.90. The first-order valence-corrected chi connectivity index (χ1v) is 12.1. The number of aromatic nitrogens is 3. The van der Waals surface area contributed by atoms with Gasteiger partial charge >= 0.3 is 0 Å². The quantitative estimate of drug-likeness (QED) is 0.267. The maximum atomic E-state index is 12.9. The fourth-order valence-electron chi connectivity index (χ4n) is 4.01. The van der Waals surface area contributed by atoms with E-state index in [1.54, 1.807) is 54.0 Å². The average Bonchev–Trinajstić information content (AvgIpc) is 3.65. The van der Waals surface area contributed by atoms with Gasteiger partial charge in [-0.3, -0.25) is 9.78 Å². The number of carbonyl (C=O) groups excluding carboxylic acids is 1. The molecule has 2 aromatic carbocycles. The van der Waals surface area contributed by atoms with Crippen molar-refractivity contribution < 1.29 is 13.9 Å². The van der Waals surface area contributed by atoms with Crippen molar-refractivity contribution in [3.8, 4) is 28.6 Å². The number of pyridine rings is 1. The van der Waals surface area contributed by atoms with Gasteiger partial charge in [-0.15, -0.1) is 0 Å². The van der Waals surface area contributed by atoms with Gasteiger partial charge in [-0.05, 0) is 61.4 Å². The van der Waals surface area contributed by atoms with Crippen molar-refractivity contribution in [2.45, 2.75) is 26.4 Å². The van der Waals surface area contributed by atoms with Crippen LogP contribution in [0, 0.1) is 18.3 Å². The Morgan fingerprint density at radius 1 is 1.18 bits per heavy atom. The number of aryl methyl sites for hydroxylation is 1. The van der Waals surface area contributed by atoms with Crippen LogP contribution in [0.5, 0.6) is 5.75 Å². The molecule has 188 valence electrons. The van der Waals surface area contributed by atoms with Crippen LogP contribution in [0.2, 0.25) is 0 Å². The number of hydrogen-bond donors (Lipinski definition) is 1. The van der Waals surface area contributed by atoms with Crippen molar-refractivity contribution in [3.05, 3.63) is 114 Å². The molecule has 8 heteroatoms. The zero-order valence-electron chi connectivity index (χ0n) is 21.0. The van der Waals surface area contributed by atoms with Crippen molar-refractivity contribution in [1.82, 2.24) is 14.8 Å². The molecule has 3 heterocycles. The number of anilines is 1. The largest absolute Gasteiger partial charge is 0.488 e. The molecule has 38 heavy (non-hydrogen) atoms. The Morgan fingerprint density at radius 2 is 2.08 bits per heavy atom. The number of hydrogen-bond acceptors (Lipinski definition) is 6. The summed E-state index contributed by atoms with van der Waals surface area (Å²) in [4.78, 5) is 17.2. The van der Waals surface area contributed by atoms with Crippen LogP contribution in [-0.2, 0) is 6.61 Å². The summed E-state index contributed by atoms with van der Waals surface area (Å²) < 4.78 is 12.9. The molecular formula is C30H25N5O3. The second kappa shape index (κ2) is 10.8. The topological polar surface area (TPSA) is 106 Å². The molecule has 8 nitrogen and oxygen atoms in total. The Bertz CT molecular complexity index is 1620. The van der Waals surface area contributed by atoms with Gasteiger partial charge < -0.3 is 14.5 Å². The molecule has 1 atom stereocenters. The second-order valence-electron chi connectivity index (χ2n) is 8.90. The number of carbonyl (C=O) groups is 1. The number of furan rings is 1. The molecule has 5 aromatic rings. The summed E-state index contributed by atoms with van der Waals surface area (Å²) in [5.74, 6) is 0.147. The highest BCUT2D eigenvalue weighted by Gasteiger charge is 2.14. The Labute approximate surface area is 220 Å². The SMILES string of the molecule is Cc1ccc(NC(=O)c2cccc(C(C)C#N)c2)cc1-n1cc(-c2cnccc2OCc2ccoc2)cn1. The Kier molecular flexibility index (Phi) is 7.00. The van der Waals surface area contributed by atoms with Crippen LogP contribution in [0.25, 0.3) is 16.8 Å². The lowest BCUT2D eigenvalue weighted by Gasteiger charge is -2.12. The molecule has 1 amide bonds. The average molecular weight is 504 g/mol. The summed E-state index contributed by atoms with van der Waals surface area (Å²) in [7, 11) is 0. The number of nitriles is 1. The molecule has 0 aliphatic heterocycles. The Morgan fingerprint density at radius 3 is 2.89 bits per heavy atom. The third-order valence-corrected chi connectivity index (χ3v) is 6.21. The zero-order valence-corrected chi connectivity index (χ0v) is 21.0. The number of ether oxygens (including phenoxy) is 1. The highest BCUT2D eigenvalue weighted by Crippen LogP contribution is 2.30. The Balaban J connectivity index is 1.37. The van der Waals surface area contributed by atoms with Crippen LogP contribution in [0.3, 0.4) is 0 Å². The molecule has 0 radical (unpaired) electrons. The predicted molar refractivity (Wildman–Crippen MR) is 143 cm³/mol. The van der Waals surface area contributed by atoms with Crippen LogP contribution < -0.4 is 10.1 Å². The standard InChI is InChI=1S/C30H25N5O3/c1-20-6-7-26(34-30(36)24-5-3-4-23(12-24)21(2)14-31)13-28(20)35-17-25(15-33-35)27-16-32-10-8-29(27)38-19-22-9-11-37-18-22/h3-13,15-18,21H,19H2,1-2H3,(H,34,36). The molecule has 3 aromatic heterocycles. The van der Waals surface area contributed by atoms with E-state index >= 15 is 0 Å². The van der Waals surface area contributed by atoms with Crippen molar-refractivity contribution in [2.75, 3.05) is 5.32 Å². The van der Waals surface area contributed by atoms with Crippen molar-refractivity contribution in [1.29, 1.82) is 5.26 Å². The van der Waals surface area contributed by atoms with Gasteiger partial charge in [0.05, 0.1) is 36.4 Å². The molecule has 0 spiro atoms. The number of rotatable bonds is 8. The van der Waals surface area contributed by atoms with E-state index in [1.807, 2.05) is 56.4 Å². The van der Waals surface area contributed by atoms with Crippen LogP contribution in [-0.4, -0.2) is 20.7 Å². The summed E-state index contributed by atoms with van der Waals surface area (Å²) >= 11 is 0. The first kappa shape index (κ1) is 24.5. The van der Waals surface area contributed by atoms with Crippen LogP contribution in [0.4, 0.5) is 5.69 Å². The minimum Gasteiger partial charge on any atom is -0.488 e. The minimum absolute atomic E-state index is 0.247. The summed E-state index contributed by atoms with van der Waals surface area (Å²) in [5, 5.41) is 16.7. The molecule has 0 fully saturated rings. The first-order valence-electron chi connectivity index (χ1n) is 12.1. The lowest BCUT2D eigenvalue weighted by atomic mass is 10.0. The molecule has 0 bridgehead atoms. The van der Waals surface area contributed by atoms with Gasteiger partial charge in [-0.2, -0.15) is 10.4 Å². The lowest BCUT2D eigenvalue weighted by Crippen LogP contribution is -2.13. The van der Waals surface area contributed by atoms with Gasteiger partial charge in [0.15, 0.2) is 0 Å². The summed E-state index contributed by atoms with van der Waals surface area (Å²) in [6, 6.07) is 18.7. The van der Waals surface area contributed by atoms with Crippen molar-refractivity contribution >= 4 is 11.6 Å². The van der Waals surface area contributed by atoms with Gasteiger partial charge in [-0.1, -0.05) is 18.2 Å². The smallest absolute Gasteiger partial charge is 0.255 e. The fraction of sp³-hybridized carbons (Fsp3) is 0.133. The van der Waals surface area contributed by atoms with E-state index in [0.717, 1.165) is 33.5 Å². The summed E-state index contributed by atoms with van der Waals surface area (Å²) in [6.45, 7) is 4.17. The van der Waals surface area contributed by atoms with Crippen LogP contribution >= 0.6 is 0 Å². The van der Waals surface area contributed by atoms with E-state index in [4.69, 9.17) is 9.15 Å². The van der Waals surface area contributed by atoms with Gasteiger partial charge in [0.1, 0.15) is 12.4 Å². The molecule has 5 rings (SSSR count). The third-order valence-electron chi connectivity index (χ3n) is 6.21. The molecule has 0 aliphatic carbocycles. The van der Waals surface area contributed by atoms with Gasteiger partial charge in [-0.25, -0.2) is 4.68 Å². The molecular weight excluding hydrogens is 478 g/mol. The molecule has 0 saturated heterocycles. The normalized spacial score (nSPS) is 11.5. The number of nitrogens with one attached hydrogen (secondary N) is 1. The van der Waals surface area contributed by atoms with E-state index < -0.39 is 0 Å². The van der Waals surface area contributed by atoms with E-state index in [-0.39, 0.29) is 11.8 Å². The van der Waals surface area contributed by atoms with E-state index in [9.17, 15) is 10.1 Å². The van der Waals surface area contributed by atoms with Crippen LogP contribution in [0.15, 0.2) is 96.3 Å². The fourth-order valence-corrected chi connectivity index (χ4v) is 4.01. The molecule has 0 saturated carbocycles. The van der Waals surface area contributed by atoms with E-state index in [1.165, 1.54) is 0 Å². The highest BCUT2D eigenvalue weighted by molar-refractivity contribution is 6.04. The van der Waals surface area contributed by atoms with Crippen molar-refractivity contribution in [2.24, 2.45) is 0 Å². The zero-order chi connectivity index (χ0) is 26.5. The maximum Gasteiger partial charge on any atom is 0.255 e. The first-order chi connectivity index (χ1) is 18.5. The monoisotopic (exact) mass is 503 g/mol. The van der Waals surface area contributed by atoms with Gasteiger partial charge in [0.25, 0.3) is 5.91 Å². The maximum absolute atomic E-state index is 12.9. The third kappa shape index (κ3) is 5.32. The molecule has 0 aliphatic rings. The number of nitrogens with zero attached hydrogens (tertiary/aromatic N) is 4. The number of amides is 1. The van der Waals surface area contributed by atoms with E-state index in [0.29, 0.717) is 23.6 Å². The summed E-state index contributed by atoms with van der Waals surface area (Å²) in [6.07, 6.45) is 10.4. The minimum atomic E-state index is -0.292. The Hall–Kier alpha value is -5.16. The van der Waals surface area contributed by atoms with Crippen LogP contribution in [0.1, 0.15) is 39.9 Å². The molecule has 1 N–H and O–H groups in total. The highest BCUT2D eigenvalue weighted by atomic mass is 16.5. The van der Waals surface area contributed by atoms with Crippen molar-refractivity contribution in [3.63, 3.8) is 0 Å². The lowest BCUT2D eigenvalue weighted by molar-refractivity contribution is 0.102. The summed E-state index contributed by atoms with van der Waals surface area (Å²) in [5.41, 5.74) is 6.34. The van der Waals surface area contributed by atoms with Gasteiger partial charge in [0, 0.05) is 46.5 Å². The molecule has 1 unspecified atom stereocenters. The van der Waals surface area contributed by atoms with Gasteiger partial charge in [0.2, 0.25) is 0 Å². The van der Waals surface area contributed by atoms with E-state index in [2.05, 4.69) is 21.5 Å². The predicted octanol–water partition coefficient (Wildman–Crippen LogP) is 6.29.